The number of aromatic nitrogens is 1. The summed E-state index contributed by atoms with van der Waals surface area (Å²) in [5, 5.41) is 12.4. The van der Waals surface area contributed by atoms with E-state index in [1.165, 1.54) is 18.3 Å². The number of anilines is 1. The fraction of sp³-hybridized carbons (Fsp3) is 0.458. The van der Waals surface area contributed by atoms with Crippen LogP contribution in [0.15, 0.2) is 47.4 Å². The standard InChI is InChI=1S/C24H31BN2O6/c1-22(2,3)19(21(30)31)27-14-17(11-12-18(27)28)26-20(29)15-9-8-10-16(13-15)25-32-23(4,5)24(6,7)33-25/h8-14,19H,1-7H3,(H,26,29)(H,30,31). The molecule has 1 aliphatic heterocycles. The van der Waals surface area contributed by atoms with Crippen molar-refractivity contribution in [3.05, 3.63) is 58.5 Å². The third-order valence-corrected chi connectivity index (χ3v) is 6.20. The molecule has 33 heavy (non-hydrogen) atoms. The van der Waals surface area contributed by atoms with Crippen molar-refractivity contribution in [2.45, 2.75) is 65.7 Å². The summed E-state index contributed by atoms with van der Waals surface area (Å²) in [6, 6.07) is 8.55. The molecule has 1 aromatic heterocycles. The smallest absolute Gasteiger partial charge is 0.480 e. The number of amides is 1. The number of carbonyl (C=O) groups excluding carboxylic acids is 1. The summed E-state index contributed by atoms with van der Waals surface area (Å²) in [5.41, 5.74) is -0.769. The van der Waals surface area contributed by atoms with Crippen molar-refractivity contribution in [1.82, 2.24) is 4.57 Å². The van der Waals surface area contributed by atoms with Gasteiger partial charge in [-0.3, -0.25) is 14.2 Å². The topological polar surface area (TPSA) is 107 Å². The van der Waals surface area contributed by atoms with Crippen LogP contribution in [0.2, 0.25) is 0 Å². The van der Waals surface area contributed by atoms with Gasteiger partial charge in [0, 0.05) is 17.8 Å². The van der Waals surface area contributed by atoms with Gasteiger partial charge in [-0.05, 0) is 56.8 Å². The van der Waals surface area contributed by atoms with Crippen molar-refractivity contribution in [2.24, 2.45) is 5.41 Å². The number of hydrogen-bond acceptors (Lipinski definition) is 5. The van der Waals surface area contributed by atoms with Gasteiger partial charge in [-0.25, -0.2) is 4.79 Å². The van der Waals surface area contributed by atoms with Crippen LogP contribution in [-0.2, 0) is 14.1 Å². The Morgan fingerprint density at radius 2 is 1.67 bits per heavy atom. The molecule has 0 saturated carbocycles. The van der Waals surface area contributed by atoms with E-state index in [2.05, 4.69) is 5.32 Å². The molecule has 2 heterocycles. The summed E-state index contributed by atoms with van der Waals surface area (Å²) in [4.78, 5) is 37.1. The summed E-state index contributed by atoms with van der Waals surface area (Å²) in [5.74, 6) is -1.52. The number of nitrogens with one attached hydrogen (secondary N) is 1. The lowest BCUT2D eigenvalue weighted by atomic mass is 9.78. The summed E-state index contributed by atoms with van der Waals surface area (Å²) < 4.78 is 13.3. The van der Waals surface area contributed by atoms with Gasteiger partial charge in [0.2, 0.25) is 0 Å². The molecule has 9 heteroatoms. The molecule has 0 bridgehead atoms. The van der Waals surface area contributed by atoms with E-state index >= 15 is 0 Å². The number of hydrogen-bond donors (Lipinski definition) is 2. The van der Waals surface area contributed by atoms with Crippen LogP contribution in [0.25, 0.3) is 0 Å². The molecular weight excluding hydrogens is 423 g/mol. The first-order chi connectivity index (χ1) is 15.1. The van der Waals surface area contributed by atoms with Crippen molar-refractivity contribution in [3.8, 4) is 0 Å². The minimum Gasteiger partial charge on any atom is -0.480 e. The highest BCUT2D eigenvalue weighted by Crippen LogP contribution is 2.36. The van der Waals surface area contributed by atoms with Gasteiger partial charge in [-0.1, -0.05) is 32.9 Å². The maximum Gasteiger partial charge on any atom is 0.494 e. The van der Waals surface area contributed by atoms with Crippen molar-refractivity contribution in [1.29, 1.82) is 0 Å². The largest absolute Gasteiger partial charge is 0.494 e. The molecule has 0 aliphatic carbocycles. The van der Waals surface area contributed by atoms with E-state index in [1.54, 1.807) is 39.0 Å². The minimum atomic E-state index is -1.12. The number of aliphatic carboxylic acids is 1. The van der Waals surface area contributed by atoms with E-state index in [-0.39, 0.29) is 0 Å². The fourth-order valence-corrected chi connectivity index (χ4v) is 3.69. The number of nitrogens with zero attached hydrogens (tertiary/aromatic N) is 1. The second-order valence-corrected chi connectivity index (χ2v) is 10.4. The fourth-order valence-electron chi connectivity index (χ4n) is 3.69. The zero-order valence-electron chi connectivity index (χ0n) is 20.1. The van der Waals surface area contributed by atoms with Crippen LogP contribution in [0.3, 0.4) is 0 Å². The minimum absolute atomic E-state index is 0.316. The Kier molecular flexibility index (Phi) is 6.34. The van der Waals surface area contributed by atoms with Crippen LogP contribution < -0.4 is 16.3 Å². The van der Waals surface area contributed by atoms with Crippen molar-refractivity contribution >= 4 is 30.1 Å². The number of carboxylic acid groups (broad SMARTS) is 1. The first-order valence-corrected chi connectivity index (χ1v) is 10.8. The lowest BCUT2D eigenvalue weighted by molar-refractivity contribution is -0.144. The summed E-state index contributed by atoms with van der Waals surface area (Å²) in [6.07, 6.45) is 1.36. The molecule has 1 fully saturated rings. The van der Waals surface area contributed by atoms with Gasteiger partial charge in [-0.15, -0.1) is 0 Å². The number of pyridine rings is 1. The Labute approximate surface area is 194 Å². The zero-order chi connectivity index (χ0) is 24.8. The van der Waals surface area contributed by atoms with Gasteiger partial charge >= 0.3 is 13.1 Å². The molecule has 3 rings (SSSR count). The third-order valence-electron chi connectivity index (χ3n) is 6.20. The van der Waals surface area contributed by atoms with E-state index in [1.807, 2.05) is 33.8 Å². The van der Waals surface area contributed by atoms with Gasteiger partial charge in [-0.2, -0.15) is 0 Å². The molecule has 2 aromatic rings. The molecule has 1 aromatic carbocycles. The molecule has 1 amide bonds. The van der Waals surface area contributed by atoms with Crippen LogP contribution in [0.1, 0.15) is 64.9 Å². The highest BCUT2D eigenvalue weighted by Gasteiger charge is 2.51. The SMILES string of the molecule is CC(C)(C)C(C(=O)O)n1cc(NC(=O)c2cccc(B3OC(C)(C)C(C)(C)O3)c2)ccc1=O. The molecule has 1 saturated heterocycles. The predicted molar refractivity (Wildman–Crippen MR) is 127 cm³/mol. The normalized spacial score (nSPS) is 18.1. The van der Waals surface area contributed by atoms with Crippen LogP contribution in [0.5, 0.6) is 0 Å². The summed E-state index contributed by atoms with van der Waals surface area (Å²) in [6.45, 7) is 13.1. The molecule has 0 radical (unpaired) electrons. The van der Waals surface area contributed by atoms with Crippen molar-refractivity contribution < 1.29 is 24.0 Å². The highest BCUT2D eigenvalue weighted by atomic mass is 16.7. The first kappa shape index (κ1) is 24.7. The Hall–Kier alpha value is -2.91. The average molecular weight is 454 g/mol. The van der Waals surface area contributed by atoms with Gasteiger partial charge < -0.3 is 19.7 Å². The third kappa shape index (κ3) is 5.04. The molecular formula is C24H31BN2O6. The molecule has 2 N–H and O–H groups in total. The molecule has 0 spiro atoms. The Morgan fingerprint density at radius 3 is 2.21 bits per heavy atom. The van der Waals surface area contributed by atoms with Crippen LogP contribution >= 0.6 is 0 Å². The first-order valence-electron chi connectivity index (χ1n) is 10.8. The van der Waals surface area contributed by atoms with Crippen molar-refractivity contribution in [3.63, 3.8) is 0 Å². The molecule has 1 aliphatic rings. The second-order valence-electron chi connectivity index (χ2n) is 10.4. The Bertz CT molecular complexity index is 1120. The number of carbonyl (C=O) groups is 2. The van der Waals surface area contributed by atoms with Gasteiger partial charge in [0.15, 0.2) is 0 Å². The second kappa shape index (κ2) is 8.46. The van der Waals surface area contributed by atoms with E-state index in [0.29, 0.717) is 16.7 Å². The monoisotopic (exact) mass is 454 g/mol. The number of rotatable bonds is 5. The van der Waals surface area contributed by atoms with Crippen LogP contribution in [-0.4, -0.2) is 39.9 Å². The summed E-state index contributed by atoms with van der Waals surface area (Å²) >= 11 is 0. The predicted octanol–water partition coefficient (Wildman–Crippen LogP) is 3.07. The van der Waals surface area contributed by atoms with E-state index < -0.39 is 47.2 Å². The number of benzene rings is 1. The van der Waals surface area contributed by atoms with E-state index in [9.17, 15) is 19.5 Å². The molecule has 1 unspecified atom stereocenters. The van der Waals surface area contributed by atoms with Crippen LogP contribution in [0.4, 0.5) is 5.69 Å². The van der Waals surface area contributed by atoms with E-state index in [4.69, 9.17) is 9.31 Å². The highest BCUT2D eigenvalue weighted by molar-refractivity contribution is 6.62. The number of carboxylic acids is 1. The summed E-state index contributed by atoms with van der Waals surface area (Å²) in [7, 11) is -0.604. The Balaban J connectivity index is 1.85. The van der Waals surface area contributed by atoms with Crippen LogP contribution in [0, 0.1) is 5.41 Å². The molecule has 176 valence electrons. The van der Waals surface area contributed by atoms with Gasteiger partial charge in [0.1, 0.15) is 6.04 Å². The lowest BCUT2D eigenvalue weighted by Crippen LogP contribution is -2.41. The van der Waals surface area contributed by atoms with Gasteiger partial charge in [0.25, 0.3) is 11.5 Å². The zero-order valence-corrected chi connectivity index (χ0v) is 20.1. The van der Waals surface area contributed by atoms with Gasteiger partial charge in [0.05, 0.1) is 16.9 Å². The maximum absolute atomic E-state index is 12.9. The molecule has 8 nitrogen and oxygen atoms in total. The molecule has 1 atom stereocenters. The van der Waals surface area contributed by atoms with E-state index in [0.717, 1.165) is 4.57 Å². The quantitative estimate of drug-likeness (QED) is 0.673. The Morgan fingerprint density at radius 1 is 1.06 bits per heavy atom. The maximum atomic E-state index is 12.9. The average Bonchev–Trinajstić information content (AvgIpc) is 2.90. The van der Waals surface area contributed by atoms with Crippen molar-refractivity contribution in [2.75, 3.05) is 5.32 Å². The lowest BCUT2D eigenvalue weighted by Gasteiger charge is -2.32.